The van der Waals surface area contributed by atoms with Gasteiger partial charge in [0.05, 0.1) is 24.0 Å². The summed E-state index contributed by atoms with van der Waals surface area (Å²) in [6, 6.07) is 10.9. The third-order valence-corrected chi connectivity index (χ3v) is 9.91. The number of hydrogen-bond acceptors (Lipinski definition) is 7. The van der Waals surface area contributed by atoms with Crippen LogP contribution >= 0.6 is 12.4 Å². The second kappa shape index (κ2) is 15.5. The molecule has 0 unspecified atom stereocenters. The molecule has 47 heavy (non-hydrogen) atoms. The molecule has 11 nitrogen and oxygen atoms in total. The van der Waals surface area contributed by atoms with Gasteiger partial charge in [-0.3, -0.25) is 19.3 Å². The van der Waals surface area contributed by atoms with Gasteiger partial charge in [0, 0.05) is 38.2 Å². The summed E-state index contributed by atoms with van der Waals surface area (Å²) in [6.07, 6.45) is 7.42. The van der Waals surface area contributed by atoms with E-state index in [1.165, 1.54) is 25.3 Å². The highest BCUT2D eigenvalue weighted by molar-refractivity contribution is 6.05. The number of likely N-dealkylation sites (tertiary alicyclic amines) is 1. The van der Waals surface area contributed by atoms with Crippen LogP contribution in [0.15, 0.2) is 42.5 Å². The molecule has 3 fully saturated rings. The van der Waals surface area contributed by atoms with Gasteiger partial charge in [-0.25, -0.2) is 4.79 Å². The number of carboxylic acid groups (broad SMARTS) is 1. The van der Waals surface area contributed by atoms with Crippen LogP contribution in [0, 0.1) is 0 Å². The number of rotatable bonds is 11. The quantitative estimate of drug-likeness (QED) is 0.271. The van der Waals surface area contributed by atoms with Crippen LogP contribution in [0.5, 0.6) is 5.75 Å². The third-order valence-electron chi connectivity index (χ3n) is 9.91. The van der Waals surface area contributed by atoms with Crippen LogP contribution in [0.4, 0.5) is 5.69 Å². The molecular formula is C35H47ClN4O7. The first kappa shape index (κ1) is 36.2. The molecule has 1 spiro atoms. The van der Waals surface area contributed by atoms with Crippen molar-refractivity contribution in [3.05, 3.63) is 59.2 Å². The molecule has 2 aromatic carbocycles. The molecule has 256 valence electrons. The first-order valence-electron chi connectivity index (χ1n) is 16.5. The van der Waals surface area contributed by atoms with Gasteiger partial charge in [-0.2, -0.15) is 0 Å². The van der Waals surface area contributed by atoms with Crippen molar-refractivity contribution in [3.8, 4) is 5.75 Å². The SMILES string of the molecule is CCCCN1C(=O)[C@@H](CC2(O)CCCCC2)NC(=O)C12CCN(Cc1ccc(C(=O)Nc3ccc(C(=O)O)cc3OC)cc1)CC2.Cl. The number of carbonyl (C=O) groups is 4. The number of methoxy groups -OCH3 is 1. The molecule has 2 aliphatic heterocycles. The van der Waals surface area contributed by atoms with Crippen molar-refractivity contribution in [1.82, 2.24) is 15.1 Å². The number of nitrogens with one attached hydrogen (secondary N) is 2. The van der Waals surface area contributed by atoms with Gasteiger partial charge in [0.15, 0.2) is 0 Å². The van der Waals surface area contributed by atoms with Crippen molar-refractivity contribution in [3.63, 3.8) is 0 Å². The van der Waals surface area contributed by atoms with Gasteiger partial charge in [0.2, 0.25) is 11.8 Å². The van der Waals surface area contributed by atoms with Gasteiger partial charge in [0.25, 0.3) is 5.91 Å². The number of aliphatic hydroxyl groups is 1. The highest BCUT2D eigenvalue weighted by Gasteiger charge is 2.54. The number of piperidine rings is 1. The molecule has 0 aromatic heterocycles. The summed E-state index contributed by atoms with van der Waals surface area (Å²) in [5, 5.41) is 26.2. The lowest BCUT2D eigenvalue weighted by atomic mass is 9.77. The van der Waals surface area contributed by atoms with E-state index in [1.54, 1.807) is 12.1 Å². The predicted octanol–water partition coefficient (Wildman–Crippen LogP) is 4.61. The summed E-state index contributed by atoms with van der Waals surface area (Å²) >= 11 is 0. The molecular weight excluding hydrogens is 624 g/mol. The third kappa shape index (κ3) is 8.08. The van der Waals surface area contributed by atoms with Crippen molar-refractivity contribution in [2.75, 3.05) is 32.1 Å². The molecule has 3 aliphatic rings. The molecule has 5 rings (SSSR count). The fourth-order valence-corrected chi connectivity index (χ4v) is 7.17. The zero-order valence-corrected chi connectivity index (χ0v) is 28.1. The number of nitrogens with zero attached hydrogens (tertiary/aromatic N) is 2. The lowest BCUT2D eigenvalue weighted by Crippen LogP contribution is -2.73. The van der Waals surface area contributed by atoms with E-state index in [0.29, 0.717) is 63.1 Å². The molecule has 2 aromatic rings. The lowest BCUT2D eigenvalue weighted by molar-refractivity contribution is -0.163. The Balaban J connectivity index is 0.00000500. The number of unbranched alkanes of at least 4 members (excludes halogenated alkanes) is 1. The van der Waals surface area contributed by atoms with Crippen LogP contribution in [-0.2, 0) is 16.1 Å². The van der Waals surface area contributed by atoms with Crippen LogP contribution in [0.3, 0.4) is 0 Å². The maximum absolute atomic E-state index is 13.8. The van der Waals surface area contributed by atoms with Crippen molar-refractivity contribution in [2.45, 2.75) is 94.9 Å². The summed E-state index contributed by atoms with van der Waals surface area (Å²) in [7, 11) is 1.41. The Kier molecular flexibility index (Phi) is 11.9. The molecule has 0 bridgehead atoms. The van der Waals surface area contributed by atoms with E-state index >= 15 is 0 Å². The van der Waals surface area contributed by atoms with Crippen LogP contribution in [0.25, 0.3) is 0 Å². The van der Waals surface area contributed by atoms with E-state index in [1.807, 2.05) is 17.0 Å². The summed E-state index contributed by atoms with van der Waals surface area (Å²) in [4.78, 5) is 55.9. The fraction of sp³-hybridized carbons (Fsp3) is 0.543. The number of ether oxygens (including phenoxy) is 1. The van der Waals surface area contributed by atoms with Crippen LogP contribution in [0.2, 0.25) is 0 Å². The highest BCUT2D eigenvalue weighted by atomic mass is 35.5. The number of benzene rings is 2. The van der Waals surface area contributed by atoms with Crippen LogP contribution < -0.4 is 15.4 Å². The highest BCUT2D eigenvalue weighted by Crippen LogP contribution is 2.38. The Morgan fingerprint density at radius 2 is 1.66 bits per heavy atom. The Labute approximate surface area is 282 Å². The standard InChI is InChI=1S/C35H46N4O7.ClH/c1-3-4-18-39-31(41)28(22-34(45)14-6-5-7-15-34)37-33(44)35(39)16-19-38(20-17-35)23-24-8-10-25(11-9-24)30(40)36-27-13-12-26(32(42)43)21-29(27)46-2;/h8-13,21,28,45H,3-7,14-20,22-23H2,1-2H3,(H,36,40)(H,37,44)(H,42,43);1H/t28-;/m1./s1. The zero-order valence-electron chi connectivity index (χ0n) is 27.3. The zero-order chi connectivity index (χ0) is 32.9. The molecule has 12 heteroatoms. The van der Waals surface area contributed by atoms with Crippen LogP contribution in [-0.4, -0.2) is 87.6 Å². The van der Waals surface area contributed by atoms with E-state index in [4.69, 9.17) is 4.74 Å². The molecule has 2 heterocycles. The minimum atomic E-state index is -1.08. The van der Waals surface area contributed by atoms with E-state index in [2.05, 4.69) is 22.5 Å². The Morgan fingerprint density at radius 3 is 2.28 bits per heavy atom. The molecule has 4 N–H and O–H groups in total. The Bertz CT molecular complexity index is 1440. The number of halogens is 1. The van der Waals surface area contributed by atoms with Crippen molar-refractivity contribution >= 4 is 41.8 Å². The molecule has 1 saturated carbocycles. The summed E-state index contributed by atoms with van der Waals surface area (Å²) in [5.41, 5.74) is 0.127. The molecule has 2 saturated heterocycles. The molecule has 1 aliphatic carbocycles. The predicted molar refractivity (Wildman–Crippen MR) is 180 cm³/mol. The van der Waals surface area contributed by atoms with Gasteiger partial charge < -0.3 is 30.5 Å². The molecule has 1 atom stereocenters. The average Bonchev–Trinajstić information content (AvgIpc) is 3.05. The number of carbonyl (C=O) groups excluding carboxylic acids is 3. The largest absolute Gasteiger partial charge is 0.495 e. The second-order valence-electron chi connectivity index (χ2n) is 13.0. The van der Waals surface area contributed by atoms with E-state index in [9.17, 15) is 29.4 Å². The van der Waals surface area contributed by atoms with E-state index in [-0.39, 0.29) is 47.9 Å². The first-order valence-corrected chi connectivity index (χ1v) is 16.5. The van der Waals surface area contributed by atoms with Crippen molar-refractivity contribution in [2.24, 2.45) is 0 Å². The summed E-state index contributed by atoms with van der Waals surface area (Å²) < 4.78 is 5.26. The van der Waals surface area contributed by atoms with Gasteiger partial charge >= 0.3 is 5.97 Å². The van der Waals surface area contributed by atoms with Gasteiger partial charge in [-0.1, -0.05) is 44.7 Å². The normalized spacial score (nSPS) is 20.7. The number of hydrogen-bond donors (Lipinski definition) is 4. The maximum Gasteiger partial charge on any atom is 0.335 e. The van der Waals surface area contributed by atoms with Crippen molar-refractivity contribution in [1.29, 1.82) is 0 Å². The maximum atomic E-state index is 13.8. The van der Waals surface area contributed by atoms with Crippen molar-refractivity contribution < 1.29 is 34.1 Å². The fourth-order valence-electron chi connectivity index (χ4n) is 7.17. The summed E-state index contributed by atoms with van der Waals surface area (Å²) in [6.45, 7) is 4.55. The Hall–Kier alpha value is -3.67. The minimum Gasteiger partial charge on any atom is -0.495 e. The minimum absolute atomic E-state index is 0. The molecule has 3 amide bonds. The van der Waals surface area contributed by atoms with Gasteiger partial charge in [0.1, 0.15) is 17.3 Å². The lowest BCUT2D eigenvalue weighted by Gasteiger charge is -2.52. The number of aromatic carboxylic acids is 1. The monoisotopic (exact) mass is 670 g/mol. The number of piperazine rings is 1. The average molecular weight is 671 g/mol. The second-order valence-corrected chi connectivity index (χ2v) is 13.0. The first-order chi connectivity index (χ1) is 22.1. The van der Waals surface area contributed by atoms with E-state index in [0.717, 1.165) is 37.7 Å². The van der Waals surface area contributed by atoms with Gasteiger partial charge in [-0.15, -0.1) is 12.4 Å². The number of anilines is 1. The van der Waals surface area contributed by atoms with Gasteiger partial charge in [-0.05, 0) is 68.0 Å². The number of carboxylic acids is 1. The summed E-state index contributed by atoms with van der Waals surface area (Å²) in [5.74, 6) is -1.34. The molecule has 0 radical (unpaired) electrons. The van der Waals surface area contributed by atoms with E-state index < -0.39 is 23.2 Å². The number of amides is 3. The Morgan fingerprint density at radius 1 is 1.00 bits per heavy atom. The smallest absolute Gasteiger partial charge is 0.335 e. The van der Waals surface area contributed by atoms with Crippen LogP contribution in [0.1, 0.15) is 97.4 Å². The topological polar surface area (TPSA) is 149 Å².